The van der Waals surface area contributed by atoms with E-state index in [9.17, 15) is 24.0 Å². The van der Waals surface area contributed by atoms with Crippen LogP contribution < -0.4 is 25.8 Å². The summed E-state index contributed by atoms with van der Waals surface area (Å²) in [6.45, 7) is 9.66. The Kier molecular flexibility index (Phi) is 14.5. The maximum atomic E-state index is 14.2. The third-order valence-corrected chi connectivity index (χ3v) is 12.4. The van der Waals surface area contributed by atoms with Gasteiger partial charge in [0, 0.05) is 43.2 Å². The molecule has 0 bridgehead atoms. The van der Waals surface area contributed by atoms with Crippen LogP contribution in [0.3, 0.4) is 0 Å². The Morgan fingerprint density at radius 3 is 1.90 bits per heavy atom. The SMILES string of the molecule is COC(=O)N[C@H](C(=O)NC(=O)[C@@H]1CCCN1c1ccc(CN(Cc2ccc(NC(=O)[C@@H]3CCCN3C(=O)[C@@H](c3ccccc3)N3CCCC3)cc2)c2ccccc2)cc1)C(C)(C)C. The summed E-state index contributed by atoms with van der Waals surface area (Å²) in [5.74, 6) is -1.13. The molecule has 7 rings (SSSR count). The van der Waals surface area contributed by atoms with Crippen LogP contribution in [-0.2, 0) is 37.0 Å². The average molecular weight is 856 g/mol. The van der Waals surface area contributed by atoms with Gasteiger partial charge in [-0.15, -0.1) is 0 Å². The molecule has 3 N–H and O–H groups in total. The van der Waals surface area contributed by atoms with Gasteiger partial charge >= 0.3 is 6.09 Å². The lowest BCUT2D eigenvalue weighted by Crippen LogP contribution is -2.57. The Hall–Kier alpha value is -6.21. The number of ether oxygens (including phenoxy) is 1. The molecular weight excluding hydrogens is 795 g/mol. The first-order chi connectivity index (χ1) is 30.4. The van der Waals surface area contributed by atoms with Crippen LogP contribution in [0.15, 0.2) is 109 Å². The highest BCUT2D eigenvalue weighted by Gasteiger charge is 2.41. The topological polar surface area (TPSA) is 144 Å². The molecule has 0 aliphatic carbocycles. The highest BCUT2D eigenvalue weighted by Crippen LogP contribution is 2.32. The van der Waals surface area contributed by atoms with Crippen LogP contribution in [0.4, 0.5) is 21.9 Å². The molecule has 0 saturated carbocycles. The van der Waals surface area contributed by atoms with Gasteiger partial charge < -0.3 is 30.1 Å². The quantitative estimate of drug-likeness (QED) is 0.122. The normalized spacial score (nSPS) is 18.7. The molecule has 4 atom stereocenters. The number of carbonyl (C=O) groups excluding carboxylic acids is 5. The van der Waals surface area contributed by atoms with Crippen molar-refractivity contribution in [2.75, 3.05) is 48.4 Å². The predicted octanol–water partition coefficient (Wildman–Crippen LogP) is 7.04. The van der Waals surface area contributed by atoms with E-state index in [1.165, 1.54) is 7.11 Å². The molecule has 3 heterocycles. The number of methoxy groups -OCH3 is 1. The number of nitrogens with zero attached hydrogens (tertiary/aromatic N) is 4. The molecule has 0 spiro atoms. The first kappa shape index (κ1) is 44.8. The van der Waals surface area contributed by atoms with Crippen molar-refractivity contribution < 1.29 is 28.7 Å². The number of amides is 5. The van der Waals surface area contributed by atoms with E-state index in [4.69, 9.17) is 4.74 Å². The molecule has 4 aromatic rings. The molecule has 3 aliphatic rings. The summed E-state index contributed by atoms with van der Waals surface area (Å²) in [7, 11) is 1.23. The van der Waals surface area contributed by atoms with Crippen LogP contribution in [-0.4, -0.2) is 90.9 Å². The third kappa shape index (κ3) is 11.1. The standard InChI is InChI=1S/C50H61N7O6/c1-50(2,3)44(52-49(62)63-4)47(60)53-46(59)41-19-13-31-56(41)40-27-23-36(24-28-40)34-55(39-17-9-6-10-18-39)33-35-21-25-38(26-22-35)51-45(58)42-20-14-32-57(42)48(61)43(54-29-11-12-30-54)37-15-7-5-8-16-37/h5-10,15-18,21-28,41-44H,11-14,19-20,29-34H2,1-4H3,(H,51,58)(H,52,62)(H,53,59,60)/t41-,42-,43+,44+/m0/s1. The van der Waals surface area contributed by atoms with Gasteiger partial charge in [-0.2, -0.15) is 0 Å². The maximum absolute atomic E-state index is 14.2. The predicted molar refractivity (Wildman–Crippen MR) is 245 cm³/mol. The molecule has 63 heavy (non-hydrogen) atoms. The lowest BCUT2D eigenvalue weighted by Gasteiger charge is -2.33. The fraction of sp³-hybridized carbons (Fsp3) is 0.420. The number of nitrogens with one attached hydrogen (secondary N) is 3. The highest BCUT2D eigenvalue weighted by atomic mass is 16.5. The minimum absolute atomic E-state index is 0.00453. The molecule has 4 aromatic carbocycles. The van der Waals surface area contributed by atoms with Gasteiger partial charge in [0.25, 0.3) is 0 Å². The lowest BCUT2D eigenvalue weighted by atomic mass is 9.86. The van der Waals surface area contributed by atoms with Crippen molar-refractivity contribution in [2.45, 2.75) is 96.6 Å². The minimum atomic E-state index is -0.959. The number of alkyl carbamates (subject to hydrolysis) is 1. The van der Waals surface area contributed by atoms with E-state index in [0.29, 0.717) is 44.7 Å². The van der Waals surface area contributed by atoms with E-state index < -0.39 is 41.4 Å². The number of benzene rings is 4. The zero-order valence-corrected chi connectivity index (χ0v) is 36.9. The summed E-state index contributed by atoms with van der Waals surface area (Å²) in [4.78, 5) is 75.0. The minimum Gasteiger partial charge on any atom is -0.453 e. The summed E-state index contributed by atoms with van der Waals surface area (Å²) in [6, 6.07) is 33.9. The lowest BCUT2D eigenvalue weighted by molar-refractivity contribution is -0.141. The van der Waals surface area contributed by atoms with Gasteiger partial charge in [-0.1, -0.05) is 93.6 Å². The molecule has 3 saturated heterocycles. The molecule has 0 radical (unpaired) electrons. The fourth-order valence-electron chi connectivity index (χ4n) is 9.11. The number of anilines is 3. The van der Waals surface area contributed by atoms with Gasteiger partial charge in [0.15, 0.2) is 0 Å². The van der Waals surface area contributed by atoms with E-state index in [0.717, 1.165) is 66.8 Å². The molecule has 0 unspecified atom stereocenters. The number of para-hydroxylation sites is 1. The van der Waals surface area contributed by atoms with E-state index in [2.05, 4.69) is 50.0 Å². The van der Waals surface area contributed by atoms with Crippen molar-refractivity contribution >= 4 is 46.8 Å². The van der Waals surface area contributed by atoms with E-state index in [1.54, 1.807) is 4.90 Å². The zero-order valence-electron chi connectivity index (χ0n) is 36.9. The molecule has 3 aliphatic heterocycles. The van der Waals surface area contributed by atoms with Gasteiger partial charge in [0.05, 0.1) is 7.11 Å². The highest BCUT2D eigenvalue weighted by molar-refractivity contribution is 6.02. The molecular formula is C50H61N7O6. The second kappa shape index (κ2) is 20.3. The van der Waals surface area contributed by atoms with Crippen LogP contribution in [0.2, 0.25) is 0 Å². The third-order valence-electron chi connectivity index (χ3n) is 12.4. The van der Waals surface area contributed by atoms with Crippen molar-refractivity contribution in [3.05, 3.63) is 126 Å². The summed E-state index contributed by atoms with van der Waals surface area (Å²) < 4.78 is 4.71. The number of carbonyl (C=O) groups is 5. The van der Waals surface area contributed by atoms with Crippen LogP contribution in [0.5, 0.6) is 0 Å². The smallest absolute Gasteiger partial charge is 0.407 e. The summed E-state index contributed by atoms with van der Waals surface area (Å²) >= 11 is 0. The molecule has 3 fully saturated rings. The number of hydrogen-bond acceptors (Lipinski definition) is 9. The van der Waals surface area contributed by atoms with Crippen LogP contribution in [0.1, 0.15) is 82.0 Å². The van der Waals surface area contributed by atoms with Crippen molar-refractivity contribution in [3.8, 4) is 0 Å². The Morgan fingerprint density at radius 2 is 1.29 bits per heavy atom. The monoisotopic (exact) mass is 855 g/mol. The number of hydrogen-bond donors (Lipinski definition) is 3. The largest absolute Gasteiger partial charge is 0.453 e. The van der Waals surface area contributed by atoms with Crippen molar-refractivity contribution in [1.29, 1.82) is 0 Å². The van der Waals surface area contributed by atoms with Crippen molar-refractivity contribution in [2.24, 2.45) is 5.41 Å². The Morgan fingerprint density at radius 1 is 0.698 bits per heavy atom. The van der Waals surface area contributed by atoms with Gasteiger partial charge in [-0.05, 0) is 110 Å². The van der Waals surface area contributed by atoms with E-state index >= 15 is 0 Å². The molecule has 332 valence electrons. The maximum Gasteiger partial charge on any atom is 0.407 e. The second-order valence-electron chi connectivity index (χ2n) is 17.9. The van der Waals surface area contributed by atoms with Crippen LogP contribution in [0, 0.1) is 5.41 Å². The number of rotatable bonds is 14. The Balaban J connectivity index is 0.980. The number of likely N-dealkylation sites (tertiary alicyclic amines) is 2. The Labute approximate surface area is 371 Å². The second-order valence-corrected chi connectivity index (χ2v) is 17.9. The average Bonchev–Trinajstić information content (AvgIpc) is 4.10. The van der Waals surface area contributed by atoms with Crippen molar-refractivity contribution in [1.82, 2.24) is 20.4 Å². The van der Waals surface area contributed by atoms with Gasteiger partial charge in [-0.3, -0.25) is 29.4 Å². The van der Waals surface area contributed by atoms with Gasteiger partial charge in [0.2, 0.25) is 23.6 Å². The molecule has 13 nitrogen and oxygen atoms in total. The van der Waals surface area contributed by atoms with Crippen LogP contribution >= 0.6 is 0 Å². The van der Waals surface area contributed by atoms with Gasteiger partial charge in [0.1, 0.15) is 24.2 Å². The summed E-state index contributed by atoms with van der Waals surface area (Å²) in [6.07, 6.45) is 4.23. The van der Waals surface area contributed by atoms with E-state index in [1.807, 2.05) is 111 Å². The van der Waals surface area contributed by atoms with E-state index in [-0.39, 0.29) is 17.9 Å². The summed E-state index contributed by atoms with van der Waals surface area (Å²) in [5, 5.41) is 8.22. The van der Waals surface area contributed by atoms with Crippen LogP contribution in [0.25, 0.3) is 0 Å². The Bertz CT molecular complexity index is 2190. The molecule has 13 heteroatoms. The molecule has 0 aromatic heterocycles. The number of imide groups is 1. The summed E-state index contributed by atoms with van der Waals surface area (Å²) in [5.41, 5.74) is 5.11. The fourth-order valence-corrected chi connectivity index (χ4v) is 9.11. The van der Waals surface area contributed by atoms with Gasteiger partial charge in [-0.25, -0.2) is 4.79 Å². The first-order valence-electron chi connectivity index (χ1n) is 22.2. The first-order valence-corrected chi connectivity index (χ1v) is 22.2. The zero-order chi connectivity index (χ0) is 44.5. The van der Waals surface area contributed by atoms with Crippen molar-refractivity contribution in [3.63, 3.8) is 0 Å². The molecule has 5 amide bonds.